The number of carboxylic acids is 1. The molecule has 2 aliphatic heterocycles. The molecule has 1 aromatic carbocycles. The van der Waals surface area contributed by atoms with Gasteiger partial charge in [-0.05, 0) is 56.8 Å². The van der Waals surface area contributed by atoms with Gasteiger partial charge in [0.15, 0.2) is 0 Å². The van der Waals surface area contributed by atoms with Gasteiger partial charge >= 0.3 is 5.97 Å². The summed E-state index contributed by atoms with van der Waals surface area (Å²) in [6, 6.07) is 3.03. The molecule has 2 heterocycles. The van der Waals surface area contributed by atoms with Crippen LogP contribution in [-0.4, -0.2) is 76.1 Å². The number of phenols is 1. The Morgan fingerprint density at radius 1 is 1.09 bits per heavy atom. The molecule has 1 aromatic rings. The van der Waals surface area contributed by atoms with E-state index in [1.807, 2.05) is 0 Å². The molecular weight excluding hydrogens is 416 g/mol. The van der Waals surface area contributed by atoms with Gasteiger partial charge < -0.3 is 31.1 Å². The number of hydrogen-bond donors (Lipinski definition) is 5. The second-order valence-electron chi connectivity index (χ2n) is 8.34. The number of nitrogens with one attached hydrogen (secondary N) is 3. The third-order valence-corrected chi connectivity index (χ3v) is 5.94. The monoisotopic (exact) mass is 446 g/mol. The van der Waals surface area contributed by atoms with Gasteiger partial charge in [0.1, 0.15) is 23.9 Å². The fourth-order valence-corrected chi connectivity index (χ4v) is 4.17. The van der Waals surface area contributed by atoms with Crippen molar-refractivity contribution in [1.82, 2.24) is 20.9 Å². The average Bonchev–Trinajstić information content (AvgIpc) is 3.46. The molecule has 32 heavy (non-hydrogen) atoms. The summed E-state index contributed by atoms with van der Waals surface area (Å²) in [7, 11) is 0. The largest absolute Gasteiger partial charge is 0.508 e. The molecule has 2 fully saturated rings. The summed E-state index contributed by atoms with van der Waals surface area (Å²) in [6.07, 6.45) is 2.71. The third kappa shape index (κ3) is 5.76. The highest BCUT2D eigenvalue weighted by molar-refractivity contribution is 5.94. The van der Waals surface area contributed by atoms with Crippen molar-refractivity contribution in [3.63, 3.8) is 0 Å². The van der Waals surface area contributed by atoms with Gasteiger partial charge in [-0.15, -0.1) is 0 Å². The number of carboxylic acid groups (broad SMARTS) is 1. The minimum atomic E-state index is -1.19. The zero-order valence-electron chi connectivity index (χ0n) is 18.0. The molecule has 3 rings (SSSR count). The summed E-state index contributed by atoms with van der Waals surface area (Å²) in [4.78, 5) is 51.2. The van der Waals surface area contributed by atoms with Crippen LogP contribution in [0.3, 0.4) is 0 Å². The molecule has 5 N–H and O–H groups in total. The topological polar surface area (TPSA) is 148 Å². The zero-order valence-corrected chi connectivity index (χ0v) is 18.0. The Kier molecular flexibility index (Phi) is 7.68. The Labute approximate surface area is 186 Å². The number of rotatable bonds is 8. The molecule has 0 saturated carbocycles. The number of likely N-dealkylation sites (tertiary alicyclic amines) is 1. The SMILES string of the molecule is CC(NC(=O)C1CCCN1)C(=O)N1CCCC1C(=O)NC(Cc1ccc(O)cc1)C(=O)O. The summed E-state index contributed by atoms with van der Waals surface area (Å²) in [6.45, 7) is 2.73. The van der Waals surface area contributed by atoms with E-state index in [0.29, 0.717) is 24.9 Å². The number of phenolic OH excluding ortho intramolecular Hbond substituents is 1. The lowest BCUT2D eigenvalue weighted by atomic mass is 10.0. The maximum atomic E-state index is 12.9. The molecular formula is C22H30N4O6. The molecule has 10 heteroatoms. The smallest absolute Gasteiger partial charge is 0.326 e. The lowest BCUT2D eigenvalue weighted by Crippen LogP contribution is -2.56. The second-order valence-corrected chi connectivity index (χ2v) is 8.34. The first kappa shape index (κ1) is 23.5. The molecule has 10 nitrogen and oxygen atoms in total. The number of aromatic hydroxyl groups is 1. The van der Waals surface area contributed by atoms with Gasteiger partial charge in [-0.2, -0.15) is 0 Å². The molecule has 0 aliphatic carbocycles. The van der Waals surface area contributed by atoms with Crippen LogP contribution in [0.25, 0.3) is 0 Å². The van der Waals surface area contributed by atoms with Crippen molar-refractivity contribution in [2.24, 2.45) is 0 Å². The van der Waals surface area contributed by atoms with E-state index in [1.165, 1.54) is 17.0 Å². The van der Waals surface area contributed by atoms with Crippen LogP contribution in [0.5, 0.6) is 5.75 Å². The number of aliphatic carboxylic acids is 1. The van der Waals surface area contributed by atoms with E-state index in [2.05, 4.69) is 16.0 Å². The van der Waals surface area contributed by atoms with Crippen LogP contribution >= 0.6 is 0 Å². The lowest BCUT2D eigenvalue weighted by Gasteiger charge is -2.28. The molecule has 0 bridgehead atoms. The van der Waals surface area contributed by atoms with E-state index in [-0.39, 0.29) is 30.0 Å². The Bertz CT molecular complexity index is 852. The summed E-state index contributed by atoms with van der Waals surface area (Å²) in [5.74, 6) is -2.25. The standard InChI is InChI=1S/C22H30N4O6/c1-13(24-19(28)16-4-2-10-23-16)21(30)26-11-3-5-18(26)20(29)25-17(22(31)32)12-14-6-8-15(27)9-7-14/h6-9,13,16-18,23,27H,2-5,10-12H2,1H3,(H,24,28)(H,25,29)(H,31,32). The van der Waals surface area contributed by atoms with Crippen molar-refractivity contribution in [2.45, 2.75) is 63.2 Å². The van der Waals surface area contributed by atoms with E-state index in [4.69, 9.17) is 0 Å². The van der Waals surface area contributed by atoms with Gasteiger partial charge in [-0.3, -0.25) is 14.4 Å². The molecule has 0 spiro atoms. The normalized spacial score (nSPS) is 22.2. The first-order valence-electron chi connectivity index (χ1n) is 10.9. The van der Waals surface area contributed by atoms with Crippen molar-refractivity contribution >= 4 is 23.7 Å². The van der Waals surface area contributed by atoms with Gasteiger partial charge in [-0.25, -0.2) is 4.79 Å². The maximum Gasteiger partial charge on any atom is 0.326 e. The average molecular weight is 447 g/mol. The third-order valence-electron chi connectivity index (χ3n) is 5.94. The van der Waals surface area contributed by atoms with Crippen LogP contribution in [0.4, 0.5) is 0 Å². The predicted octanol–water partition coefficient (Wildman–Crippen LogP) is -0.248. The van der Waals surface area contributed by atoms with Crippen LogP contribution in [0.1, 0.15) is 38.2 Å². The molecule has 2 aliphatic rings. The van der Waals surface area contributed by atoms with Crippen molar-refractivity contribution in [1.29, 1.82) is 0 Å². The van der Waals surface area contributed by atoms with Crippen LogP contribution in [0.2, 0.25) is 0 Å². The Hall–Kier alpha value is -3.14. The predicted molar refractivity (Wildman–Crippen MR) is 115 cm³/mol. The Morgan fingerprint density at radius 3 is 2.44 bits per heavy atom. The molecule has 0 radical (unpaired) electrons. The van der Waals surface area contributed by atoms with E-state index in [9.17, 15) is 29.4 Å². The van der Waals surface area contributed by atoms with Crippen molar-refractivity contribution in [3.8, 4) is 5.75 Å². The van der Waals surface area contributed by atoms with Gasteiger partial charge in [-0.1, -0.05) is 12.1 Å². The molecule has 0 aromatic heterocycles. The second kappa shape index (κ2) is 10.4. The molecule has 2 saturated heterocycles. The van der Waals surface area contributed by atoms with Crippen LogP contribution in [0, 0.1) is 0 Å². The van der Waals surface area contributed by atoms with E-state index in [0.717, 1.165) is 19.4 Å². The fourth-order valence-electron chi connectivity index (χ4n) is 4.17. The van der Waals surface area contributed by atoms with Gasteiger partial charge in [0.05, 0.1) is 6.04 Å². The summed E-state index contributed by atoms with van der Waals surface area (Å²) < 4.78 is 0. The first-order valence-corrected chi connectivity index (χ1v) is 10.9. The highest BCUT2D eigenvalue weighted by atomic mass is 16.4. The molecule has 3 amide bonds. The van der Waals surface area contributed by atoms with Gasteiger partial charge in [0.2, 0.25) is 17.7 Å². The van der Waals surface area contributed by atoms with Gasteiger partial charge in [0.25, 0.3) is 0 Å². The molecule has 174 valence electrons. The van der Waals surface area contributed by atoms with E-state index in [1.54, 1.807) is 19.1 Å². The molecule has 4 unspecified atom stereocenters. The van der Waals surface area contributed by atoms with Crippen LogP contribution in [0.15, 0.2) is 24.3 Å². The fraction of sp³-hybridized carbons (Fsp3) is 0.545. The Morgan fingerprint density at radius 2 is 1.81 bits per heavy atom. The maximum absolute atomic E-state index is 12.9. The zero-order chi connectivity index (χ0) is 23.3. The van der Waals surface area contributed by atoms with Crippen LogP contribution < -0.4 is 16.0 Å². The van der Waals surface area contributed by atoms with Crippen molar-refractivity contribution in [2.75, 3.05) is 13.1 Å². The van der Waals surface area contributed by atoms with Crippen molar-refractivity contribution in [3.05, 3.63) is 29.8 Å². The number of carbonyl (C=O) groups is 4. The summed E-state index contributed by atoms with van der Waals surface area (Å²) in [5.41, 5.74) is 0.645. The highest BCUT2D eigenvalue weighted by Crippen LogP contribution is 2.19. The highest BCUT2D eigenvalue weighted by Gasteiger charge is 2.38. The van der Waals surface area contributed by atoms with E-state index < -0.39 is 30.0 Å². The first-order chi connectivity index (χ1) is 15.3. The van der Waals surface area contributed by atoms with Crippen LogP contribution in [-0.2, 0) is 25.6 Å². The molecule has 4 atom stereocenters. The quantitative estimate of drug-likeness (QED) is 0.370. The minimum Gasteiger partial charge on any atom is -0.508 e. The minimum absolute atomic E-state index is 0.0445. The number of hydrogen-bond acceptors (Lipinski definition) is 6. The van der Waals surface area contributed by atoms with Gasteiger partial charge in [0, 0.05) is 13.0 Å². The number of benzene rings is 1. The summed E-state index contributed by atoms with van der Waals surface area (Å²) >= 11 is 0. The number of carbonyl (C=O) groups excluding carboxylic acids is 3. The number of nitrogens with zero attached hydrogens (tertiary/aromatic N) is 1. The van der Waals surface area contributed by atoms with Crippen molar-refractivity contribution < 1.29 is 29.4 Å². The summed E-state index contributed by atoms with van der Waals surface area (Å²) in [5, 5.41) is 27.3. The van der Waals surface area contributed by atoms with E-state index >= 15 is 0 Å². The lowest BCUT2D eigenvalue weighted by molar-refractivity contribution is -0.144. The number of amides is 3. The Balaban J connectivity index is 1.60.